The third-order valence-corrected chi connectivity index (χ3v) is 4.72. The van der Waals surface area contributed by atoms with Crippen molar-refractivity contribution in [3.05, 3.63) is 100.0 Å². The Bertz CT molecular complexity index is 1330. The number of rotatable bonds is 7. The number of hydrogen-bond donors (Lipinski definition) is 2. The number of hydrazone groups is 1. The Morgan fingerprint density at radius 3 is 2.56 bits per heavy atom. The molecule has 160 valence electrons. The summed E-state index contributed by atoms with van der Waals surface area (Å²) in [4.78, 5) is 24.4. The topological polar surface area (TPSA) is 106 Å². The normalized spacial score (nSPS) is 10.9. The molecule has 0 saturated heterocycles. The first-order valence-corrected chi connectivity index (χ1v) is 9.81. The van der Waals surface area contributed by atoms with Crippen LogP contribution in [0.3, 0.4) is 0 Å². The number of H-pyrrole nitrogens is 1. The van der Waals surface area contributed by atoms with Crippen LogP contribution in [0.2, 0.25) is 0 Å². The van der Waals surface area contributed by atoms with Gasteiger partial charge in [-0.15, -0.1) is 0 Å². The quantitative estimate of drug-likeness (QED) is 0.347. The summed E-state index contributed by atoms with van der Waals surface area (Å²) in [6.07, 6.45) is 1.49. The minimum Gasteiger partial charge on any atom is -0.493 e. The molecule has 0 radical (unpaired) electrons. The van der Waals surface area contributed by atoms with Crippen LogP contribution in [0.15, 0.2) is 82.7 Å². The summed E-state index contributed by atoms with van der Waals surface area (Å²) in [6.45, 7) is 0.388. The zero-order chi connectivity index (χ0) is 22.3. The second-order valence-corrected chi connectivity index (χ2v) is 6.83. The van der Waals surface area contributed by atoms with E-state index in [1.807, 2.05) is 30.3 Å². The van der Waals surface area contributed by atoms with Gasteiger partial charge >= 0.3 is 0 Å². The average Bonchev–Trinajstić information content (AvgIpc) is 2.84. The minimum absolute atomic E-state index is 0.0824. The van der Waals surface area contributed by atoms with E-state index in [1.165, 1.54) is 6.21 Å². The average molecular weight is 428 g/mol. The number of aromatic nitrogens is 2. The molecule has 3 aromatic carbocycles. The molecule has 8 heteroatoms. The Labute approximate surface area is 183 Å². The van der Waals surface area contributed by atoms with E-state index < -0.39 is 5.91 Å². The molecule has 0 spiro atoms. The third-order valence-electron chi connectivity index (χ3n) is 4.72. The molecule has 0 unspecified atom stereocenters. The highest BCUT2D eigenvalue weighted by atomic mass is 16.5. The van der Waals surface area contributed by atoms with E-state index in [0.717, 1.165) is 5.56 Å². The van der Waals surface area contributed by atoms with Crippen LogP contribution in [0.5, 0.6) is 11.5 Å². The van der Waals surface area contributed by atoms with Gasteiger partial charge in [0.15, 0.2) is 17.2 Å². The molecule has 4 aromatic rings. The van der Waals surface area contributed by atoms with Crippen molar-refractivity contribution in [3.63, 3.8) is 0 Å². The molecular weight excluding hydrogens is 408 g/mol. The summed E-state index contributed by atoms with van der Waals surface area (Å²) in [5.74, 6) is 0.605. The molecule has 2 N–H and O–H groups in total. The molecular formula is C24H20N4O4. The van der Waals surface area contributed by atoms with Gasteiger partial charge in [-0.1, -0.05) is 48.5 Å². The van der Waals surface area contributed by atoms with Crippen LogP contribution < -0.4 is 20.5 Å². The van der Waals surface area contributed by atoms with Gasteiger partial charge in [0, 0.05) is 5.39 Å². The lowest BCUT2D eigenvalue weighted by Gasteiger charge is -2.11. The summed E-state index contributed by atoms with van der Waals surface area (Å²) < 4.78 is 11.3. The lowest BCUT2D eigenvalue weighted by molar-refractivity contribution is 0.0951. The Morgan fingerprint density at radius 2 is 1.78 bits per heavy atom. The molecule has 1 heterocycles. The number of ether oxygens (including phenoxy) is 2. The monoisotopic (exact) mass is 428 g/mol. The Hall–Kier alpha value is -4.46. The molecule has 1 aromatic heterocycles. The standard InChI is InChI=1S/C24H20N4O4/c1-31-20-12-11-17(13-21(20)32-15-16-7-3-2-4-8-16)14-25-27-24(30)22-18-9-5-6-10-19(18)23(29)28-26-22/h2-14H,15H2,1H3,(H,27,30)(H,28,29)/b25-14+. The molecule has 0 bridgehead atoms. The SMILES string of the molecule is COc1ccc(/C=N/NC(=O)c2n[nH]c(=O)c3ccccc23)cc1OCc1ccccc1. The number of nitrogens with zero attached hydrogens (tertiary/aromatic N) is 2. The predicted octanol–water partition coefficient (Wildman–Crippen LogP) is 3.27. The maximum Gasteiger partial charge on any atom is 0.292 e. The number of hydrogen-bond acceptors (Lipinski definition) is 6. The summed E-state index contributed by atoms with van der Waals surface area (Å²) in [6, 6.07) is 21.9. The van der Waals surface area contributed by atoms with E-state index in [9.17, 15) is 9.59 Å². The van der Waals surface area contributed by atoms with Crippen LogP contribution in [0.25, 0.3) is 10.8 Å². The van der Waals surface area contributed by atoms with E-state index in [0.29, 0.717) is 34.4 Å². The van der Waals surface area contributed by atoms with E-state index >= 15 is 0 Å². The van der Waals surface area contributed by atoms with Gasteiger partial charge in [-0.05, 0) is 35.4 Å². The highest BCUT2D eigenvalue weighted by Gasteiger charge is 2.13. The van der Waals surface area contributed by atoms with Crippen molar-refractivity contribution >= 4 is 22.9 Å². The number of amides is 1. The Kier molecular flexibility index (Phi) is 6.22. The lowest BCUT2D eigenvalue weighted by Crippen LogP contribution is -2.22. The molecule has 4 rings (SSSR count). The van der Waals surface area contributed by atoms with Gasteiger partial charge in [0.1, 0.15) is 6.61 Å². The second kappa shape index (κ2) is 9.57. The van der Waals surface area contributed by atoms with Gasteiger partial charge in [0.2, 0.25) is 0 Å². The zero-order valence-electron chi connectivity index (χ0n) is 17.2. The lowest BCUT2D eigenvalue weighted by atomic mass is 10.1. The van der Waals surface area contributed by atoms with Gasteiger partial charge in [0.05, 0.1) is 18.7 Å². The van der Waals surface area contributed by atoms with Crippen molar-refractivity contribution in [1.29, 1.82) is 0 Å². The number of benzene rings is 3. The summed E-state index contributed by atoms with van der Waals surface area (Å²) >= 11 is 0. The number of aromatic amines is 1. The fourth-order valence-electron chi connectivity index (χ4n) is 3.13. The predicted molar refractivity (Wildman–Crippen MR) is 121 cm³/mol. The second-order valence-electron chi connectivity index (χ2n) is 6.83. The maximum absolute atomic E-state index is 12.5. The Balaban J connectivity index is 1.48. The first-order valence-electron chi connectivity index (χ1n) is 9.81. The number of methoxy groups -OCH3 is 1. The fourth-order valence-corrected chi connectivity index (χ4v) is 3.13. The van der Waals surface area contributed by atoms with Crippen molar-refractivity contribution in [2.45, 2.75) is 6.61 Å². The Morgan fingerprint density at radius 1 is 1.03 bits per heavy atom. The highest BCUT2D eigenvalue weighted by molar-refractivity contribution is 6.04. The first kappa shape index (κ1) is 20.8. The van der Waals surface area contributed by atoms with Gasteiger partial charge in [-0.3, -0.25) is 9.59 Å². The van der Waals surface area contributed by atoms with Crippen LogP contribution in [0, 0.1) is 0 Å². The van der Waals surface area contributed by atoms with Gasteiger partial charge in [-0.2, -0.15) is 10.2 Å². The molecule has 0 atom stereocenters. The molecule has 32 heavy (non-hydrogen) atoms. The van der Waals surface area contributed by atoms with E-state index in [-0.39, 0.29) is 11.3 Å². The molecule has 0 aliphatic heterocycles. The largest absolute Gasteiger partial charge is 0.493 e. The molecule has 0 aliphatic rings. The van der Waals surface area contributed by atoms with E-state index in [1.54, 1.807) is 49.6 Å². The third kappa shape index (κ3) is 4.65. The van der Waals surface area contributed by atoms with Crippen LogP contribution >= 0.6 is 0 Å². The molecule has 0 saturated carbocycles. The highest BCUT2D eigenvalue weighted by Crippen LogP contribution is 2.28. The number of carbonyl (C=O) groups excluding carboxylic acids is 1. The molecule has 0 aliphatic carbocycles. The van der Waals surface area contributed by atoms with Crippen LogP contribution in [-0.4, -0.2) is 29.4 Å². The van der Waals surface area contributed by atoms with Crippen molar-refractivity contribution < 1.29 is 14.3 Å². The smallest absolute Gasteiger partial charge is 0.292 e. The van der Waals surface area contributed by atoms with Crippen LogP contribution in [-0.2, 0) is 6.61 Å². The van der Waals surface area contributed by atoms with Crippen molar-refractivity contribution in [3.8, 4) is 11.5 Å². The van der Waals surface area contributed by atoms with Gasteiger partial charge in [-0.25, -0.2) is 10.5 Å². The van der Waals surface area contributed by atoms with Crippen molar-refractivity contribution in [1.82, 2.24) is 15.6 Å². The zero-order valence-corrected chi connectivity index (χ0v) is 17.2. The molecule has 0 fully saturated rings. The van der Waals surface area contributed by atoms with Crippen molar-refractivity contribution in [2.24, 2.45) is 5.10 Å². The van der Waals surface area contributed by atoms with Crippen molar-refractivity contribution in [2.75, 3.05) is 7.11 Å². The fraction of sp³-hybridized carbons (Fsp3) is 0.0833. The van der Waals surface area contributed by atoms with Crippen LogP contribution in [0.1, 0.15) is 21.6 Å². The number of carbonyl (C=O) groups is 1. The number of fused-ring (bicyclic) bond motifs is 1. The van der Waals surface area contributed by atoms with E-state index in [2.05, 4.69) is 20.7 Å². The van der Waals surface area contributed by atoms with E-state index in [4.69, 9.17) is 9.47 Å². The van der Waals surface area contributed by atoms with Crippen LogP contribution in [0.4, 0.5) is 0 Å². The van der Waals surface area contributed by atoms with Gasteiger partial charge in [0.25, 0.3) is 11.5 Å². The minimum atomic E-state index is -0.539. The summed E-state index contributed by atoms with van der Waals surface area (Å²) in [5, 5.41) is 11.0. The summed E-state index contributed by atoms with van der Waals surface area (Å²) in [5.41, 5.74) is 3.89. The number of nitrogens with one attached hydrogen (secondary N) is 2. The molecule has 1 amide bonds. The summed E-state index contributed by atoms with van der Waals surface area (Å²) in [7, 11) is 1.57. The maximum atomic E-state index is 12.5. The first-order chi connectivity index (χ1) is 15.7. The van der Waals surface area contributed by atoms with Gasteiger partial charge < -0.3 is 9.47 Å². The molecule has 8 nitrogen and oxygen atoms in total.